The number of carbonyl (C=O) groups is 1. The molecular formula is C19H23N9OS. The number of nitrogens with zero attached hydrogens (tertiary/aromatic N) is 6. The van der Waals surface area contributed by atoms with Crippen molar-refractivity contribution < 1.29 is 4.79 Å². The van der Waals surface area contributed by atoms with Crippen molar-refractivity contribution in [1.29, 1.82) is 5.26 Å². The smallest absolute Gasteiger partial charge is 0.261 e. The molecular weight excluding hydrogens is 402 g/mol. The van der Waals surface area contributed by atoms with Crippen LogP contribution in [0.3, 0.4) is 0 Å². The molecule has 0 aliphatic carbocycles. The SMILES string of the molecule is CCNc1nc(NCC)n2c(SCC(=O)NC(C)c3ccc(C#N)cc3)nnc2n1. The molecule has 0 aliphatic heterocycles. The molecule has 2 aromatic heterocycles. The predicted molar refractivity (Wildman–Crippen MR) is 115 cm³/mol. The number of rotatable bonds is 9. The molecule has 3 N–H and O–H groups in total. The number of amides is 1. The standard InChI is InChI=1S/C19H23N9OS/c1-4-21-16-24-17(22-5-2)28-18(25-16)26-27-19(28)30-11-15(29)23-12(3)14-8-6-13(10-20)7-9-14/h6-9,12H,4-5,11H2,1-3H3,(H,23,29)(H2,21,22,24,25,26). The second-order valence-corrected chi connectivity index (χ2v) is 7.30. The third kappa shape index (κ3) is 4.96. The second kappa shape index (κ2) is 9.89. The van der Waals surface area contributed by atoms with Crippen LogP contribution < -0.4 is 16.0 Å². The summed E-state index contributed by atoms with van der Waals surface area (Å²) in [6.45, 7) is 7.19. The number of thioether (sulfide) groups is 1. The topological polar surface area (TPSA) is 133 Å². The minimum absolute atomic E-state index is 0.135. The van der Waals surface area contributed by atoms with Crippen LogP contribution >= 0.6 is 11.8 Å². The first-order valence-corrected chi connectivity index (χ1v) is 10.6. The third-order valence-electron chi connectivity index (χ3n) is 4.17. The maximum absolute atomic E-state index is 12.4. The van der Waals surface area contributed by atoms with E-state index < -0.39 is 0 Å². The summed E-state index contributed by atoms with van der Waals surface area (Å²) in [5, 5.41) is 26.9. The number of fused-ring (bicyclic) bond motifs is 1. The maximum atomic E-state index is 12.4. The zero-order valence-electron chi connectivity index (χ0n) is 17.0. The normalized spacial score (nSPS) is 11.7. The minimum Gasteiger partial charge on any atom is -0.355 e. The fourth-order valence-corrected chi connectivity index (χ4v) is 3.48. The quantitative estimate of drug-likeness (QED) is 0.441. The summed E-state index contributed by atoms with van der Waals surface area (Å²) in [7, 11) is 0. The van der Waals surface area contributed by atoms with Crippen LogP contribution in [-0.2, 0) is 4.79 Å². The molecule has 2 heterocycles. The third-order valence-corrected chi connectivity index (χ3v) is 5.09. The first-order chi connectivity index (χ1) is 14.5. The summed E-state index contributed by atoms with van der Waals surface area (Å²) in [6, 6.07) is 9.05. The van der Waals surface area contributed by atoms with E-state index in [0.717, 1.165) is 5.56 Å². The van der Waals surface area contributed by atoms with E-state index >= 15 is 0 Å². The Morgan fingerprint density at radius 3 is 2.57 bits per heavy atom. The highest BCUT2D eigenvalue weighted by molar-refractivity contribution is 7.99. The number of hydrogen-bond acceptors (Lipinski definition) is 9. The Morgan fingerprint density at radius 2 is 1.90 bits per heavy atom. The van der Waals surface area contributed by atoms with E-state index in [4.69, 9.17) is 5.26 Å². The Bertz CT molecular complexity index is 1060. The Balaban J connectivity index is 1.68. The van der Waals surface area contributed by atoms with Gasteiger partial charge in [0.15, 0.2) is 5.16 Å². The van der Waals surface area contributed by atoms with Crippen LogP contribution in [-0.4, -0.2) is 49.3 Å². The van der Waals surface area contributed by atoms with Gasteiger partial charge in [0.1, 0.15) is 0 Å². The van der Waals surface area contributed by atoms with Gasteiger partial charge < -0.3 is 16.0 Å². The summed E-state index contributed by atoms with van der Waals surface area (Å²) in [6.07, 6.45) is 0. The Hall–Kier alpha value is -3.39. The lowest BCUT2D eigenvalue weighted by Crippen LogP contribution is -2.28. The van der Waals surface area contributed by atoms with Crippen molar-refractivity contribution >= 4 is 35.3 Å². The number of benzene rings is 1. The van der Waals surface area contributed by atoms with Gasteiger partial charge in [-0.1, -0.05) is 23.9 Å². The molecule has 10 nitrogen and oxygen atoms in total. The van der Waals surface area contributed by atoms with E-state index in [1.165, 1.54) is 11.8 Å². The lowest BCUT2D eigenvalue weighted by atomic mass is 10.1. The van der Waals surface area contributed by atoms with Gasteiger partial charge in [-0.05, 0) is 38.5 Å². The molecule has 1 aromatic carbocycles. The number of anilines is 2. The first kappa shape index (κ1) is 21.3. The van der Waals surface area contributed by atoms with Gasteiger partial charge in [-0.3, -0.25) is 4.79 Å². The molecule has 0 saturated heterocycles. The van der Waals surface area contributed by atoms with Crippen molar-refractivity contribution in [3.8, 4) is 6.07 Å². The van der Waals surface area contributed by atoms with E-state index in [9.17, 15) is 4.79 Å². The van der Waals surface area contributed by atoms with Crippen LogP contribution in [0.5, 0.6) is 0 Å². The van der Waals surface area contributed by atoms with E-state index in [2.05, 4.69) is 42.2 Å². The summed E-state index contributed by atoms with van der Waals surface area (Å²) < 4.78 is 1.70. The maximum Gasteiger partial charge on any atom is 0.261 e. The fourth-order valence-electron chi connectivity index (χ4n) is 2.74. The van der Waals surface area contributed by atoms with Gasteiger partial charge in [0.2, 0.25) is 17.8 Å². The van der Waals surface area contributed by atoms with Gasteiger partial charge in [0.05, 0.1) is 23.4 Å². The van der Waals surface area contributed by atoms with E-state index in [-0.39, 0.29) is 17.7 Å². The lowest BCUT2D eigenvalue weighted by molar-refractivity contribution is -0.119. The molecule has 0 aliphatic rings. The summed E-state index contributed by atoms with van der Waals surface area (Å²) in [5.74, 6) is 1.48. The second-order valence-electron chi connectivity index (χ2n) is 6.36. The van der Waals surface area contributed by atoms with E-state index in [1.807, 2.05) is 32.9 Å². The Labute approximate surface area is 178 Å². The molecule has 1 unspecified atom stereocenters. The van der Waals surface area contributed by atoms with Crippen LogP contribution in [0.25, 0.3) is 5.78 Å². The van der Waals surface area contributed by atoms with Gasteiger partial charge in [0.25, 0.3) is 5.78 Å². The summed E-state index contributed by atoms with van der Waals surface area (Å²) in [5.41, 5.74) is 1.52. The number of nitriles is 1. The minimum atomic E-state index is -0.177. The molecule has 1 atom stereocenters. The fraction of sp³-hybridized carbons (Fsp3) is 0.368. The molecule has 3 rings (SSSR count). The monoisotopic (exact) mass is 425 g/mol. The number of hydrogen-bond donors (Lipinski definition) is 3. The lowest BCUT2D eigenvalue weighted by Gasteiger charge is -2.14. The molecule has 1 amide bonds. The van der Waals surface area contributed by atoms with Gasteiger partial charge in [-0.25, -0.2) is 4.40 Å². The van der Waals surface area contributed by atoms with Crippen LogP contribution in [0, 0.1) is 11.3 Å². The van der Waals surface area contributed by atoms with E-state index in [0.29, 0.717) is 41.5 Å². The van der Waals surface area contributed by atoms with Crippen molar-refractivity contribution in [2.75, 3.05) is 29.5 Å². The van der Waals surface area contributed by atoms with Gasteiger partial charge in [-0.2, -0.15) is 15.2 Å². The van der Waals surface area contributed by atoms with Gasteiger partial charge in [0, 0.05) is 13.1 Å². The largest absolute Gasteiger partial charge is 0.355 e. The molecule has 0 fully saturated rings. The van der Waals surface area contributed by atoms with Crippen molar-refractivity contribution in [3.63, 3.8) is 0 Å². The summed E-state index contributed by atoms with van der Waals surface area (Å²) in [4.78, 5) is 21.2. The molecule has 3 aromatic rings. The Kier molecular flexibility index (Phi) is 7.03. The van der Waals surface area contributed by atoms with Crippen LogP contribution in [0.4, 0.5) is 11.9 Å². The molecule has 0 bridgehead atoms. The van der Waals surface area contributed by atoms with Crippen LogP contribution in [0.2, 0.25) is 0 Å². The molecule has 0 saturated carbocycles. The number of nitrogens with one attached hydrogen (secondary N) is 3. The Morgan fingerprint density at radius 1 is 1.17 bits per heavy atom. The highest BCUT2D eigenvalue weighted by atomic mass is 32.2. The van der Waals surface area contributed by atoms with Crippen LogP contribution in [0.15, 0.2) is 29.4 Å². The first-order valence-electron chi connectivity index (χ1n) is 9.58. The van der Waals surface area contributed by atoms with Crippen molar-refractivity contribution in [2.24, 2.45) is 0 Å². The highest BCUT2D eigenvalue weighted by Crippen LogP contribution is 2.21. The van der Waals surface area contributed by atoms with Gasteiger partial charge in [-0.15, -0.1) is 10.2 Å². The average Bonchev–Trinajstić information content (AvgIpc) is 3.16. The zero-order valence-corrected chi connectivity index (χ0v) is 17.8. The predicted octanol–water partition coefficient (Wildman–Crippen LogP) is 2.22. The van der Waals surface area contributed by atoms with E-state index in [1.54, 1.807) is 16.5 Å². The average molecular weight is 426 g/mol. The molecule has 30 heavy (non-hydrogen) atoms. The molecule has 0 radical (unpaired) electrons. The number of carbonyl (C=O) groups excluding carboxylic acids is 1. The molecule has 156 valence electrons. The molecule has 0 spiro atoms. The van der Waals surface area contributed by atoms with Gasteiger partial charge >= 0.3 is 0 Å². The summed E-state index contributed by atoms with van der Waals surface area (Å²) >= 11 is 1.26. The highest BCUT2D eigenvalue weighted by Gasteiger charge is 2.16. The zero-order chi connectivity index (χ0) is 21.5. The van der Waals surface area contributed by atoms with Crippen molar-refractivity contribution in [2.45, 2.75) is 32.0 Å². The van der Waals surface area contributed by atoms with Crippen LogP contribution in [0.1, 0.15) is 37.9 Å². The number of aromatic nitrogens is 5. The molecule has 11 heteroatoms. The van der Waals surface area contributed by atoms with Crippen molar-refractivity contribution in [1.82, 2.24) is 29.9 Å². The van der Waals surface area contributed by atoms with Crippen molar-refractivity contribution in [3.05, 3.63) is 35.4 Å².